The van der Waals surface area contributed by atoms with E-state index >= 15 is 0 Å². The van der Waals surface area contributed by atoms with Crippen molar-refractivity contribution in [2.45, 2.75) is 45.6 Å². The molecule has 0 saturated carbocycles. The lowest BCUT2D eigenvalue weighted by Gasteiger charge is -2.19. The van der Waals surface area contributed by atoms with Crippen LogP contribution >= 0.6 is 11.3 Å². The minimum atomic E-state index is 0.460. The zero-order chi connectivity index (χ0) is 14.4. The van der Waals surface area contributed by atoms with Crippen molar-refractivity contribution in [3.8, 4) is 0 Å². The molecule has 1 N–H and O–H groups in total. The summed E-state index contributed by atoms with van der Waals surface area (Å²) in [5.74, 6) is 1.17. The number of thiophene rings is 1. The lowest BCUT2D eigenvalue weighted by atomic mass is 10.0. The summed E-state index contributed by atoms with van der Waals surface area (Å²) in [5.41, 5.74) is 1.49. The fourth-order valence-electron chi connectivity index (χ4n) is 2.50. The molecule has 4 heteroatoms. The minimum absolute atomic E-state index is 0.460. The first-order valence-electron chi connectivity index (χ1n) is 7.52. The van der Waals surface area contributed by atoms with Crippen LogP contribution in [0.15, 0.2) is 23.8 Å². The van der Waals surface area contributed by atoms with Gasteiger partial charge in [0.2, 0.25) is 0 Å². The van der Waals surface area contributed by atoms with Crippen LogP contribution in [0.25, 0.3) is 0 Å². The maximum atomic E-state index is 4.43. The SMILES string of the molecule is CCCNC(CCc1nccn1C)c1sccc1CC. The lowest BCUT2D eigenvalue weighted by molar-refractivity contribution is 0.495. The first kappa shape index (κ1) is 15.3. The van der Waals surface area contributed by atoms with Crippen LogP contribution in [0.2, 0.25) is 0 Å². The van der Waals surface area contributed by atoms with Crippen LogP contribution in [0.1, 0.15) is 49.0 Å². The second-order valence-electron chi connectivity index (χ2n) is 5.16. The molecule has 20 heavy (non-hydrogen) atoms. The number of hydrogen-bond acceptors (Lipinski definition) is 3. The number of nitrogens with zero attached hydrogens (tertiary/aromatic N) is 2. The minimum Gasteiger partial charge on any atom is -0.338 e. The highest BCUT2D eigenvalue weighted by molar-refractivity contribution is 7.10. The Morgan fingerprint density at radius 1 is 1.40 bits per heavy atom. The van der Waals surface area contributed by atoms with E-state index in [9.17, 15) is 0 Å². The quantitative estimate of drug-likeness (QED) is 0.803. The van der Waals surface area contributed by atoms with E-state index in [0.717, 1.165) is 25.8 Å². The van der Waals surface area contributed by atoms with Crippen LogP contribution in [0.4, 0.5) is 0 Å². The normalized spacial score (nSPS) is 12.8. The Morgan fingerprint density at radius 3 is 2.90 bits per heavy atom. The molecular formula is C16H25N3S. The summed E-state index contributed by atoms with van der Waals surface area (Å²) >= 11 is 1.88. The summed E-state index contributed by atoms with van der Waals surface area (Å²) in [4.78, 5) is 5.94. The smallest absolute Gasteiger partial charge is 0.108 e. The van der Waals surface area contributed by atoms with Crippen molar-refractivity contribution in [2.75, 3.05) is 6.54 Å². The third-order valence-corrected chi connectivity index (χ3v) is 4.77. The van der Waals surface area contributed by atoms with E-state index in [1.165, 1.54) is 22.7 Å². The summed E-state index contributed by atoms with van der Waals surface area (Å²) in [6.07, 6.45) is 8.32. The van der Waals surface area contributed by atoms with E-state index < -0.39 is 0 Å². The van der Waals surface area contributed by atoms with Gasteiger partial charge in [0, 0.05) is 36.8 Å². The highest BCUT2D eigenvalue weighted by Crippen LogP contribution is 2.28. The number of aryl methyl sites for hydroxylation is 3. The molecule has 1 unspecified atom stereocenters. The van der Waals surface area contributed by atoms with Crippen LogP contribution in [-0.4, -0.2) is 16.1 Å². The fourth-order valence-corrected chi connectivity index (χ4v) is 3.61. The van der Waals surface area contributed by atoms with Crippen molar-refractivity contribution in [3.05, 3.63) is 40.1 Å². The summed E-state index contributed by atoms with van der Waals surface area (Å²) in [6.45, 7) is 5.53. The van der Waals surface area contributed by atoms with Gasteiger partial charge in [0.25, 0.3) is 0 Å². The van der Waals surface area contributed by atoms with Crippen LogP contribution in [0.5, 0.6) is 0 Å². The molecule has 110 valence electrons. The Morgan fingerprint density at radius 2 is 2.25 bits per heavy atom. The van der Waals surface area contributed by atoms with Gasteiger partial charge in [-0.25, -0.2) is 4.98 Å². The predicted octanol–water partition coefficient (Wildman–Crippen LogP) is 3.72. The van der Waals surface area contributed by atoms with E-state index in [0.29, 0.717) is 6.04 Å². The molecule has 2 rings (SSSR count). The molecule has 1 atom stereocenters. The number of imidazole rings is 1. The first-order valence-corrected chi connectivity index (χ1v) is 8.40. The first-order chi connectivity index (χ1) is 9.76. The standard InChI is InChI=1S/C16H25N3S/c1-4-9-17-14(16-13(5-2)8-12-20-16)6-7-15-18-10-11-19(15)3/h8,10-12,14,17H,4-7,9H2,1-3H3. The van der Waals surface area contributed by atoms with Crippen LogP contribution in [0.3, 0.4) is 0 Å². The van der Waals surface area contributed by atoms with Gasteiger partial charge in [-0.15, -0.1) is 11.3 Å². The molecule has 0 saturated heterocycles. The Labute approximate surface area is 126 Å². The summed E-state index contributed by atoms with van der Waals surface area (Å²) < 4.78 is 2.12. The van der Waals surface area contributed by atoms with Gasteiger partial charge >= 0.3 is 0 Å². The maximum Gasteiger partial charge on any atom is 0.108 e. The highest BCUT2D eigenvalue weighted by atomic mass is 32.1. The zero-order valence-electron chi connectivity index (χ0n) is 12.7. The summed E-state index contributed by atoms with van der Waals surface area (Å²) in [6, 6.07) is 2.73. The summed E-state index contributed by atoms with van der Waals surface area (Å²) in [7, 11) is 2.07. The fraction of sp³-hybridized carbons (Fsp3) is 0.562. The topological polar surface area (TPSA) is 29.9 Å². The van der Waals surface area contributed by atoms with Gasteiger partial charge in [0.05, 0.1) is 0 Å². The van der Waals surface area contributed by atoms with Gasteiger partial charge < -0.3 is 9.88 Å². The van der Waals surface area contributed by atoms with Crippen LogP contribution in [0, 0.1) is 0 Å². The highest BCUT2D eigenvalue weighted by Gasteiger charge is 2.16. The molecule has 0 aliphatic carbocycles. The van der Waals surface area contributed by atoms with Gasteiger partial charge in [-0.3, -0.25) is 0 Å². The molecule has 0 spiro atoms. The molecule has 0 aliphatic heterocycles. The third kappa shape index (κ3) is 3.70. The van der Waals surface area contributed by atoms with Gasteiger partial charge in [0.1, 0.15) is 5.82 Å². The van der Waals surface area contributed by atoms with Crippen molar-refractivity contribution < 1.29 is 0 Å². The Balaban J connectivity index is 2.05. The number of rotatable bonds is 8. The molecule has 0 radical (unpaired) electrons. The molecule has 0 aromatic carbocycles. The molecule has 0 aliphatic rings. The van der Waals surface area contributed by atoms with Gasteiger partial charge in [-0.05, 0) is 42.8 Å². The van der Waals surface area contributed by atoms with Gasteiger partial charge in [-0.1, -0.05) is 13.8 Å². The average Bonchev–Trinajstić information content (AvgIpc) is 3.08. The lowest BCUT2D eigenvalue weighted by Crippen LogP contribution is -2.23. The monoisotopic (exact) mass is 291 g/mol. The zero-order valence-corrected chi connectivity index (χ0v) is 13.5. The average molecular weight is 291 g/mol. The number of hydrogen-bond donors (Lipinski definition) is 1. The molecule has 0 bridgehead atoms. The Bertz CT molecular complexity index is 515. The summed E-state index contributed by atoms with van der Waals surface area (Å²) in [5, 5.41) is 5.92. The van der Waals surface area contributed by atoms with Crippen molar-refractivity contribution in [1.82, 2.24) is 14.9 Å². The van der Waals surface area contributed by atoms with Gasteiger partial charge in [0.15, 0.2) is 0 Å². The van der Waals surface area contributed by atoms with E-state index in [2.05, 4.69) is 47.2 Å². The van der Waals surface area contributed by atoms with Crippen LogP contribution in [-0.2, 0) is 19.9 Å². The van der Waals surface area contributed by atoms with Crippen molar-refractivity contribution in [1.29, 1.82) is 0 Å². The second-order valence-corrected chi connectivity index (χ2v) is 6.11. The molecule has 2 aromatic rings. The largest absolute Gasteiger partial charge is 0.338 e. The molecular weight excluding hydrogens is 266 g/mol. The van der Waals surface area contributed by atoms with Crippen molar-refractivity contribution in [3.63, 3.8) is 0 Å². The van der Waals surface area contributed by atoms with E-state index in [4.69, 9.17) is 0 Å². The molecule has 2 aromatic heterocycles. The second kappa shape index (κ2) is 7.60. The van der Waals surface area contributed by atoms with Gasteiger partial charge in [-0.2, -0.15) is 0 Å². The van der Waals surface area contributed by atoms with Crippen LogP contribution < -0.4 is 5.32 Å². The third-order valence-electron chi connectivity index (χ3n) is 3.70. The van der Waals surface area contributed by atoms with Crippen molar-refractivity contribution in [2.24, 2.45) is 7.05 Å². The van der Waals surface area contributed by atoms with E-state index in [-0.39, 0.29) is 0 Å². The Kier molecular flexibility index (Phi) is 5.80. The number of nitrogens with one attached hydrogen (secondary N) is 1. The maximum absolute atomic E-state index is 4.43. The van der Waals surface area contributed by atoms with E-state index in [1.54, 1.807) is 0 Å². The molecule has 3 nitrogen and oxygen atoms in total. The molecule has 0 amide bonds. The number of aromatic nitrogens is 2. The molecule has 0 fully saturated rings. The van der Waals surface area contributed by atoms with E-state index in [1.807, 2.05) is 23.7 Å². The Hall–Kier alpha value is -1.13. The van der Waals surface area contributed by atoms with Crippen molar-refractivity contribution >= 4 is 11.3 Å². The molecule has 2 heterocycles. The predicted molar refractivity (Wildman–Crippen MR) is 86.3 cm³/mol.